The first-order valence-electron chi connectivity index (χ1n) is 24.2. The number of thiazole rings is 2. The summed E-state index contributed by atoms with van der Waals surface area (Å²) in [5, 5.41) is 22.8. The van der Waals surface area contributed by atoms with E-state index in [-0.39, 0.29) is 36.7 Å². The zero-order valence-corrected chi connectivity index (χ0v) is 41.8. The minimum Gasteiger partial charge on any atom is -0.870 e. The summed E-state index contributed by atoms with van der Waals surface area (Å²) >= 11 is 3.26. The Hall–Kier alpha value is -5.18. The van der Waals surface area contributed by atoms with Gasteiger partial charge < -0.3 is 46.1 Å². The topological polar surface area (TPSA) is 212 Å². The van der Waals surface area contributed by atoms with Crippen molar-refractivity contribution in [3.8, 4) is 11.5 Å². The van der Waals surface area contributed by atoms with Gasteiger partial charge in [-0.2, -0.15) is 0 Å². The molecule has 0 unspecified atom stereocenters. The molecule has 2 saturated carbocycles. The summed E-state index contributed by atoms with van der Waals surface area (Å²) in [6.45, 7) is 1.31. The van der Waals surface area contributed by atoms with Crippen LogP contribution in [0, 0.1) is 0 Å². The van der Waals surface area contributed by atoms with E-state index in [4.69, 9.17) is 24.5 Å². The number of benzene rings is 2. The number of hydrogen-bond acceptors (Lipinski definition) is 16. The molecule has 2 fully saturated rings. The molecule has 0 atom stereocenters. The summed E-state index contributed by atoms with van der Waals surface area (Å²) < 4.78 is 18.5. The van der Waals surface area contributed by atoms with Gasteiger partial charge in [0, 0.05) is 48.4 Å². The maximum Gasteiger partial charge on any atom is 1.00 e. The first-order chi connectivity index (χ1) is 32.9. The van der Waals surface area contributed by atoms with E-state index in [1.54, 1.807) is 22.7 Å². The van der Waals surface area contributed by atoms with Crippen molar-refractivity contribution in [2.45, 2.75) is 141 Å². The van der Waals surface area contributed by atoms with E-state index in [1.807, 2.05) is 71.7 Å². The molecular formula is C51H67LiN8O7S2. The molecule has 6 aromatic rings. The van der Waals surface area contributed by atoms with Gasteiger partial charge in [0.25, 0.3) is 0 Å². The van der Waals surface area contributed by atoms with E-state index < -0.39 is 5.97 Å². The number of aliphatic carboxylic acids is 1. The van der Waals surface area contributed by atoms with Gasteiger partial charge in [0.15, 0.2) is 0 Å². The number of carbonyl (C=O) groups is 2. The van der Waals surface area contributed by atoms with Crippen LogP contribution in [0.15, 0.2) is 71.7 Å². The van der Waals surface area contributed by atoms with Crippen molar-refractivity contribution in [2.24, 2.45) is 0 Å². The molecule has 2 aliphatic carbocycles. The molecule has 4 heterocycles. The van der Waals surface area contributed by atoms with Crippen molar-refractivity contribution in [3.63, 3.8) is 0 Å². The third-order valence-corrected chi connectivity index (χ3v) is 13.8. The van der Waals surface area contributed by atoms with Crippen LogP contribution in [-0.2, 0) is 14.3 Å². The molecule has 6 N–H and O–H groups in total. The normalized spacial score (nSPS) is 13.8. The third kappa shape index (κ3) is 18.3. The molecule has 2 aliphatic rings. The maximum absolute atomic E-state index is 11.1. The van der Waals surface area contributed by atoms with Gasteiger partial charge in [0.05, 0.1) is 51.8 Å². The van der Waals surface area contributed by atoms with Crippen LogP contribution < -0.4 is 49.6 Å². The second-order valence-electron chi connectivity index (χ2n) is 17.4. The number of carboxylic acids is 1. The van der Waals surface area contributed by atoms with Gasteiger partial charge in [-0.1, -0.05) is 64.2 Å². The fraction of sp³-hybridized carbons (Fsp3) is 0.490. The molecule has 8 rings (SSSR count). The van der Waals surface area contributed by atoms with Crippen LogP contribution in [0.5, 0.6) is 11.5 Å². The molecule has 0 radical (unpaired) electrons. The Bertz CT molecular complexity index is 2430. The Morgan fingerprint density at radius 3 is 1.45 bits per heavy atom. The first-order valence-corrected chi connectivity index (χ1v) is 25.9. The molecule has 0 bridgehead atoms. The molecule has 18 heteroatoms. The number of nitrogens with one attached hydrogen (secondary N) is 4. The Balaban J connectivity index is 0.000000250. The molecule has 15 nitrogen and oxygen atoms in total. The summed E-state index contributed by atoms with van der Waals surface area (Å²) in [6.07, 6.45) is 20.8. The summed E-state index contributed by atoms with van der Waals surface area (Å²) in [4.78, 5) is 40.4. The average molecular weight is 975 g/mol. The second-order valence-corrected chi connectivity index (χ2v) is 19.1. The number of anilines is 6. The van der Waals surface area contributed by atoms with E-state index >= 15 is 0 Å². The second kappa shape index (κ2) is 29.8. The van der Waals surface area contributed by atoms with Crippen molar-refractivity contribution in [2.75, 3.05) is 41.6 Å². The van der Waals surface area contributed by atoms with Crippen LogP contribution >= 0.6 is 22.7 Å². The van der Waals surface area contributed by atoms with Gasteiger partial charge in [-0.3, -0.25) is 9.59 Å². The van der Waals surface area contributed by atoms with Crippen LogP contribution in [0.25, 0.3) is 20.4 Å². The van der Waals surface area contributed by atoms with Crippen molar-refractivity contribution < 1.29 is 53.2 Å². The number of esters is 1. The van der Waals surface area contributed by atoms with Crippen LogP contribution in [0.4, 0.5) is 34.6 Å². The van der Waals surface area contributed by atoms with Crippen molar-refractivity contribution in [1.29, 1.82) is 0 Å². The average Bonchev–Trinajstić information content (AvgIpc) is 4.03. The molecular weight excluding hydrogens is 908 g/mol. The quantitative estimate of drug-likeness (QED) is 0.0217. The summed E-state index contributed by atoms with van der Waals surface area (Å²) in [5.41, 5.74) is 7.59. The third-order valence-electron chi connectivity index (χ3n) is 12.1. The molecule has 69 heavy (non-hydrogen) atoms. The number of fused-ring (bicyclic) bond motifs is 2. The molecule has 0 saturated heterocycles. The van der Waals surface area contributed by atoms with Crippen LogP contribution in [0.2, 0.25) is 0 Å². The number of unbranched alkanes of at least 4 members (excludes halogenated alkanes) is 6. The summed E-state index contributed by atoms with van der Waals surface area (Å²) in [5.74, 6) is 4.24. The van der Waals surface area contributed by atoms with E-state index in [0.717, 1.165) is 118 Å². The summed E-state index contributed by atoms with van der Waals surface area (Å²) in [7, 11) is 1.43. The standard InChI is InChI=1S/C26H34N4O3S.C25H32N4O3S.Li.H2O/c1-32-24(31)11-7-2-3-8-16-33-21-14-12-20(13-15-21)28-23-17-22-25(34-18-27-22)26(30-23)29-19-9-5-4-6-10-19;30-23(31)10-6-1-2-7-15-32-20-13-11-19(12-14-20)27-22-16-21-24(33-17-26-21)25(29-22)28-18-8-4-3-5-9-18;;/h12-15,17-19H,2-11,16H2,1H3,(H2,28,29,30);11-14,16-18H,1-10,15H2,(H,30,31)(H2,27,28,29);;1H2/q;;+1;/p-1. The molecule has 0 spiro atoms. The first kappa shape index (κ1) is 54.8. The number of hydrogen-bond donors (Lipinski definition) is 5. The minimum atomic E-state index is -0.724. The Kier molecular flexibility index (Phi) is 23.6. The van der Waals surface area contributed by atoms with Crippen molar-refractivity contribution >= 4 is 89.7 Å². The molecule has 0 aliphatic heterocycles. The number of ether oxygens (including phenoxy) is 3. The predicted molar refractivity (Wildman–Crippen MR) is 274 cm³/mol. The van der Waals surface area contributed by atoms with Gasteiger partial charge >= 0.3 is 30.8 Å². The van der Waals surface area contributed by atoms with Gasteiger partial charge in [0.1, 0.15) is 34.8 Å². The van der Waals surface area contributed by atoms with E-state index in [0.29, 0.717) is 31.7 Å². The summed E-state index contributed by atoms with van der Waals surface area (Å²) in [6, 6.07) is 20.8. The van der Waals surface area contributed by atoms with E-state index in [9.17, 15) is 9.59 Å². The van der Waals surface area contributed by atoms with Crippen LogP contribution in [0.3, 0.4) is 0 Å². The number of aromatic nitrogens is 4. The van der Waals surface area contributed by atoms with Crippen LogP contribution in [-0.4, -0.2) is 74.9 Å². The number of methoxy groups -OCH3 is 1. The van der Waals surface area contributed by atoms with Gasteiger partial charge in [-0.05, 0) is 99.9 Å². The number of carboxylic acid groups (broad SMARTS) is 1. The van der Waals surface area contributed by atoms with E-state index in [2.05, 4.69) is 36.0 Å². The predicted octanol–water partition coefficient (Wildman–Crippen LogP) is 10.1. The van der Waals surface area contributed by atoms with Gasteiger partial charge in [0.2, 0.25) is 0 Å². The molecule has 2 aromatic carbocycles. The van der Waals surface area contributed by atoms with Gasteiger partial charge in [-0.25, -0.2) is 19.9 Å². The van der Waals surface area contributed by atoms with Crippen molar-refractivity contribution in [3.05, 3.63) is 71.7 Å². The van der Waals surface area contributed by atoms with Crippen molar-refractivity contribution in [1.82, 2.24) is 19.9 Å². The Labute approximate surface area is 425 Å². The number of carbonyl (C=O) groups excluding carboxylic acids is 1. The number of rotatable bonds is 24. The smallest absolute Gasteiger partial charge is 0.870 e. The largest absolute Gasteiger partial charge is 1.00 e. The van der Waals surface area contributed by atoms with E-state index in [1.165, 1.54) is 71.3 Å². The van der Waals surface area contributed by atoms with Crippen LogP contribution in [0.1, 0.15) is 128 Å². The molecule has 0 amide bonds. The SMILES string of the molecule is COC(=O)CCCCCCOc1ccc(Nc2cc3ncsc3c(NC3CCCCC3)n2)cc1.O=C(O)CCCCCCOc1ccc(Nc2cc3ncsc3c(NC3CCCCC3)n2)cc1.[Li+].[OH-]. The monoisotopic (exact) mass is 974 g/mol. The number of nitrogens with zero attached hydrogens (tertiary/aromatic N) is 4. The Morgan fingerprint density at radius 2 is 1.03 bits per heavy atom. The molecule has 4 aromatic heterocycles. The Morgan fingerprint density at radius 1 is 0.609 bits per heavy atom. The zero-order valence-electron chi connectivity index (χ0n) is 40.2. The number of pyridine rings is 2. The maximum atomic E-state index is 11.1. The fourth-order valence-corrected chi connectivity index (χ4v) is 9.88. The van der Waals surface area contributed by atoms with Gasteiger partial charge in [-0.15, -0.1) is 22.7 Å². The minimum absolute atomic E-state index is 0. The molecule has 366 valence electrons. The zero-order chi connectivity index (χ0) is 46.5. The fourth-order valence-electron chi connectivity index (χ4n) is 8.44.